The van der Waals surface area contributed by atoms with E-state index in [9.17, 15) is 18.4 Å². The summed E-state index contributed by atoms with van der Waals surface area (Å²) in [5.74, 6) is -0.805. The van der Waals surface area contributed by atoms with Crippen molar-refractivity contribution >= 4 is 5.91 Å². The van der Waals surface area contributed by atoms with E-state index >= 15 is 0 Å². The van der Waals surface area contributed by atoms with Gasteiger partial charge in [0.2, 0.25) is 5.91 Å². The van der Waals surface area contributed by atoms with Gasteiger partial charge in [0.05, 0.1) is 17.7 Å². The Morgan fingerprint density at radius 1 is 1.16 bits per heavy atom. The summed E-state index contributed by atoms with van der Waals surface area (Å²) in [5, 5.41) is 0. The van der Waals surface area contributed by atoms with Gasteiger partial charge in [-0.25, -0.2) is 13.8 Å². The van der Waals surface area contributed by atoms with Crippen molar-refractivity contribution in [2.24, 2.45) is 0 Å². The average molecular weight is 443 g/mol. The minimum Gasteiger partial charge on any atom is -0.342 e. The Kier molecular flexibility index (Phi) is 5.80. The third-order valence-corrected chi connectivity index (χ3v) is 7.23. The first-order valence-corrected chi connectivity index (χ1v) is 11.6. The largest absolute Gasteiger partial charge is 0.342 e. The van der Waals surface area contributed by atoms with Gasteiger partial charge in [-0.3, -0.25) is 14.5 Å². The van der Waals surface area contributed by atoms with Gasteiger partial charge in [-0.15, -0.1) is 0 Å². The topological polar surface area (TPSA) is 69.3 Å². The van der Waals surface area contributed by atoms with Crippen LogP contribution in [0.15, 0.2) is 23.0 Å². The van der Waals surface area contributed by atoms with Crippen LogP contribution in [0.4, 0.5) is 8.78 Å². The number of nitrogens with zero attached hydrogens (tertiary/aromatic N) is 3. The Hall–Kier alpha value is -2.61. The zero-order valence-corrected chi connectivity index (χ0v) is 18.1. The molecule has 2 aromatic rings. The summed E-state index contributed by atoms with van der Waals surface area (Å²) in [5.41, 5.74) is 1.65. The molecule has 1 saturated heterocycles. The summed E-state index contributed by atoms with van der Waals surface area (Å²) < 4.78 is 27.3. The van der Waals surface area contributed by atoms with Gasteiger partial charge < -0.3 is 9.88 Å². The first-order valence-electron chi connectivity index (χ1n) is 11.6. The van der Waals surface area contributed by atoms with E-state index < -0.39 is 11.6 Å². The number of H-pyrrole nitrogens is 1. The lowest BCUT2D eigenvalue weighted by atomic mass is 10.0. The van der Waals surface area contributed by atoms with Crippen LogP contribution < -0.4 is 5.56 Å². The van der Waals surface area contributed by atoms with Crippen LogP contribution in [0, 0.1) is 11.6 Å². The van der Waals surface area contributed by atoms with E-state index in [4.69, 9.17) is 4.98 Å². The van der Waals surface area contributed by atoms with Crippen LogP contribution in [-0.2, 0) is 24.2 Å². The molecule has 1 aromatic heterocycles. The van der Waals surface area contributed by atoms with Gasteiger partial charge in [-0.2, -0.15) is 0 Å². The molecule has 2 aliphatic heterocycles. The molecule has 0 bridgehead atoms. The number of amides is 1. The van der Waals surface area contributed by atoms with Crippen molar-refractivity contribution in [3.05, 3.63) is 62.8 Å². The van der Waals surface area contributed by atoms with E-state index in [1.807, 2.05) is 0 Å². The number of benzene rings is 1. The maximum absolute atomic E-state index is 13.9. The Morgan fingerprint density at radius 3 is 2.78 bits per heavy atom. The number of carbonyl (C=O) groups is 1. The van der Waals surface area contributed by atoms with E-state index in [0.717, 1.165) is 42.4 Å². The first-order chi connectivity index (χ1) is 15.5. The molecule has 8 heteroatoms. The number of hydrogen-bond acceptors (Lipinski definition) is 4. The van der Waals surface area contributed by atoms with Crippen molar-refractivity contribution < 1.29 is 13.6 Å². The summed E-state index contributed by atoms with van der Waals surface area (Å²) in [4.78, 5) is 37.3. The second-order valence-electron chi connectivity index (χ2n) is 9.27. The Labute approximate surface area is 185 Å². The molecule has 5 rings (SSSR count). The Balaban J connectivity index is 1.26. The highest BCUT2D eigenvalue weighted by Gasteiger charge is 2.32. The normalized spacial score (nSPS) is 21.8. The lowest BCUT2D eigenvalue weighted by Crippen LogP contribution is -2.41. The molecule has 1 atom stereocenters. The number of halogens is 2. The number of rotatable bonds is 4. The fraction of sp³-hybridized carbons (Fsp3) is 0.542. The molecule has 1 saturated carbocycles. The van der Waals surface area contributed by atoms with Gasteiger partial charge in [0.1, 0.15) is 17.5 Å². The van der Waals surface area contributed by atoms with E-state index in [2.05, 4.69) is 9.88 Å². The molecule has 0 radical (unpaired) electrons. The van der Waals surface area contributed by atoms with Crippen molar-refractivity contribution in [3.63, 3.8) is 0 Å². The summed E-state index contributed by atoms with van der Waals surface area (Å²) >= 11 is 0. The van der Waals surface area contributed by atoms with Crippen molar-refractivity contribution in [1.82, 2.24) is 19.8 Å². The molecule has 1 amide bonds. The number of nitrogens with one attached hydrogen (secondary N) is 1. The smallest absolute Gasteiger partial charge is 0.255 e. The first kappa shape index (κ1) is 21.2. The van der Waals surface area contributed by atoms with E-state index in [1.54, 1.807) is 4.90 Å². The Morgan fingerprint density at radius 2 is 1.97 bits per heavy atom. The number of likely N-dealkylation sites (tertiary alicyclic amines) is 1. The molecule has 1 aliphatic carbocycles. The highest BCUT2D eigenvalue weighted by atomic mass is 19.1. The van der Waals surface area contributed by atoms with Gasteiger partial charge in [-0.1, -0.05) is 12.8 Å². The van der Waals surface area contributed by atoms with Gasteiger partial charge in [0, 0.05) is 50.1 Å². The lowest BCUT2D eigenvalue weighted by molar-refractivity contribution is -0.129. The van der Waals surface area contributed by atoms with Crippen LogP contribution >= 0.6 is 0 Å². The highest BCUT2D eigenvalue weighted by molar-refractivity contribution is 5.79. The number of aromatic nitrogens is 2. The minimum absolute atomic E-state index is 0.0535. The van der Waals surface area contributed by atoms with Crippen molar-refractivity contribution in [2.75, 3.05) is 19.6 Å². The van der Waals surface area contributed by atoms with Crippen LogP contribution in [0.25, 0.3) is 0 Å². The standard InChI is InChI=1S/C24H28F2N4O2/c25-17-5-6-20(26)16(11-17)12-22(31)30-9-7-15(13-30)23-27-21-8-10-29(18-3-1-2-4-18)14-19(21)24(32)28-23/h5-6,11,15,18H,1-4,7-10,12-14H2,(H,27,28,32)/t15-/m0/s1. The van der Waals surface area contributed by atoms with E-state index in [1.165, 1.54) is 25.7 Å². The third kappa shape index (κ3) is 4.20. The Bertz CT molecular complexity index is 1080. The zero-order valence-electron chi connectivity index (χ0n) is 18.1. The van der Waals surface area contributed by atoms with Crippen LogP contribution in [0.3, 0.4) is 0 Å². The van der Waals surface area contributed by atoms with Gasteiger partial charge >= 0.3 is 0 Å². The molecule has 32 heavy (non-hydrogen) atoms. The maximum Gasteiger partial charge on any atom is 0.255 e. The molecule has 3 heterocycles. The fourth-order valence-corrected chi connectivity index (χ4v) is 5.40. The second-order valence-corrected chi connectivity index (χ2v) is 9.27. The number of aromatic amines is 1. The third-order valence-electron chi connectivity index (χ3n) is 7.23. The molecule has 1 aromatic carbocycles. The summed E-state index contributed by atoms with van der Waals surface area (Å²) in [7, 11) is 0. The minimum atomic E-state index is -0.581. The van der Waals surface area contributed by atoms with Gasteiger partial charge in [-0.05, 0) is 37.5 Å². The summed E-state index contributed by atoms with van der Waals surface area (Å²) in [6.07, 6.45) is 6.24. The predicted molar refractivity (Wildman–Crippen MR) is 115 cm³/mol. The van der Waals surface area contributed by atoms with Crippen LogP contribution in [-0.4, -0.2) is 51.4 Å². The lowest BCUT2D eigenvalue weighted by Gasteiger charge is -2.32. The van der Waals surface area contributed by atoms with Crippen LogP contribution in [0.2, 0.25) is 0 Å². The van der Waals surface area contributed by atoms with Gasteiger partial charge in [0.15, 0.2) is 0 Å². The molecular formula is C24H28F2N4O2. The monoisotopic (exact) mass is 442 g/mol. The quantitative estimate of drug-likeness (QED) is 0.791. The molecule has 170 valence electrons. The summed E-state index contributed by atoms with van der Waals surface area (Å²) in [6.45, 7) is 2.53. The van der Waals surface area contributed by atoms with Gasteiger partial charge in [0.25, 0.3) is 5.56 Å². The molecule has 2 fully saturated rings. The second kappa shape index (κ2) is 8.73. The van der Waals surface area contributed by atoms with Crippen molar-refractivity contribution in [3.8, 4) is 0 Å². The van der Waals surface area contributed by atoms with E-state index in [0.29, 0.717) is 37.9 Å². The molecule has 3 aliphatic rings. The van der Waals surface area contributed by atoms with Crippen LogP contribution in [0.5, 0.6) is 0 Å². The number of fused-ring (bicyclic) bond motifs is 1. The number of hydrogen-bond donors (Lipinski definition) is 1. The molecular weight excluding hydrogens is 414 g/mol. The molecule has 0 unspecified atom stereocenters. The molecule has 6 nitrogen and oxygen atoms in total. The van der Waals surface area contributed by atoms with E-state index in [-0.39, 0.29) is 29.4 Å². The van der Waals surface area contributed by atoms with Crippen molar-refractivity contribution in [2.45, 2.75) is 63.5 Å². The molecule has 1 N–H and O–H groups in total. The fourth-order valence-electron chi connectivity index (χ4n) is 5.40. The molecule has 0 spiro atoms. The zero-order chi connectivity index (χ0) is 22.2. The average Bonchev–Trinajstić information content (AvgIpc) is 3.48. The van der Waals surface area contributed by atoms with Crippen LogP contribution in [0.1, 0.15) is 60.7 Å². The van der Waals surface area contributed by atoms with Crippen molar-refractivity contribution in [1.29, 1.82) is 0 Å². The summed E-state index contributed by atoms with van der Waals surface area (Å²) in [6, 6.07) is 3.73. The predicted octanol–water partition coefficient (Wildman–Crippen LogP) is 2.91. The SMILES string of the molecule is O=C(Cc1cc(F)ccc1F)N1CC[C@H](c2nc3c(c(=O)[nH]2)CN(C2CCCC2)CC3)C1. The maximum atomic E-state index is 13.9. The highest BCUT2D eigenvalue weighted by Crippen LogP contribution is 2.29. The number of carbonyl (C=O) groups excluding carboxylic acids is 1.